The summed E-state index contributed by atoms with van der Waals surface area (Å²) in [5.74, 6) is 0. The standard InChI is InChI=1S/C16H33O2/c1-5-8-13-18-16(11-6-2)12-9-10-14-17-15(4)7-3/h15-16H,2,5-14H2,1,3-4H3. The average molecular weight is 257 g/mol. The second kappa shape index (κ2) is 13.4. The fraction of sp³-hybridized carbons (Fsp3) is 0.938. The molecule has 0 aromatic carbocycles. The largest absolute Gasteiger partial charge is 0.379 e. The van der Waals surface area contributed by atoms with Gasteiger partial charge in [0.1, 0.15) is 0 Å². The maximum absolute atomic E-state index is 5.89. The van der Waals surface area contributed by atoms with Gasteiger partial charge in [0.25, 0.3) is 0 Å². The molecular formula is C16H33O2. The van der Waals surface area contributed by atoms with E-state index in [0.29, 0.717) is 12.2 Å². The van der Waals surface area contributed by atoms with Gasteiger partial charge in [0.2, 0.25) is 0 Å². The zero-order valence-electron chi connectivity index (χ0n) is 12.7. The summed E-state index contributed by atoms with van der Waals surface area (Å²) in [7, 11) is 0. The smallest absolute Gasteiger partial charge is 0.0575 e. The Morgan fingerprint density at radius 2 is 1.67 bits per heavy atom. The van der Waals surface area contributed by atoms with Gasteiger partial charge in [0.15, 0.2) is 0 Å². The van der Waals surface area contributed by atoms with E-state index in [1.807, 2.05) is 0 Å². The Kier molecular flexibility index (Phi) is 13.3. The molecule has 2 unspecified atom stereocenters. The van der Waals surface area contributed by atoms with Crippen LogP contribution in [0.25, 0.3) is 0 Å². The van der Waals surface area contributed by atoms with E-state index >= 15 is 0 Å². The monoisotopic (exact) mass is 257 g/mol. The van der Waals surface area contributed by atoms with Crippen LogP contribution in [-0.4, -0.2) is 25.4 Å². The van der Waals surface area contributed by atoms with E-state index in [2.05, 4.69) is 27.7 Å². The van der Waals surface area contributed by atoms with Crippen molar-refractivity contribution >= 4 is 0 Å². The Hall–Kier alpha value is -0.0800. The van der Waals surface area contributed by atoms with Gasteiger partial charge < -0.3 is 9.47 Å². The molecular weight excluding hydrogens is 224 g/mol. The van der Waals surface area contributed by atoms with E-state index in [-0.39, 0.29) is 0 Å². The van der Waals surface area contributed by atoms with Crippen molar-refractivity contribution in [3.8, 4) is 0 Å². The van der Waals surface area contributed by atoms with E-state index in [1.165, 1.54) is 19.3 Å². The molecule has 0 heterocycles. The van der Waals surface area contributed by atoms with Crippen molar-refractivity contribution in [2.45, 2.75) is 84.3 Å². The quantitative estimate of drug-likeness (QED) is 0.442. The van der Waals surface area contributed by atoms with E-state index in [1.54, 1.807) is 0 Å². The van der Waals surface area contributed by atoms with Gasteiger partial charge in [-0.2, -0.15) is 0 Å². The van der Waals surface area contributed by atoms with Gasteiger partial charge in [-0.3, -0.25) is 0 Å². The summed E-state index contributed by atoms with van der Waals surface area (Å²) in [6.45, 7) is 12.2. The van der Waals surface area contributed by atoms with Crippen LogP contribution in [0.15, 0.2) is 0 Å². The highest BCUT2D eigenvalue weighted by Gasteiger charge is 2.07. The summed E-state index contributed by atoms with van der Waals surface area (Å²) in [4.78, 5) is 0. The minimum Gasteiger partial charge on any atom is -0.379 e. The second-order valence-corrected chi connectivity index (χ2v) is 5.07. The fourth-order valence-corrected chi connectivity index (χ4v) is 1.81. The maximum Gasteiger partial charge on any atom is 0.0575 e. The predicted octanol–water partition coefficient (Wildman–Crippen LogP) is 4.77. The van der Waals surface area contributed by atoms with E-state index < -0.39 is 0 Å². The summed E-state index contributed by atoms with van der Waals surface area (Å²) < 4.78 is 11.6. The van der Waals surface area contributed by atoms with Crippen LogP contribution in [0.1, 0.15) is 72.1 Å². The Labute approximate surface area is 114 Å². The third kappa shape index (κ3) is 11.0. The van der Waals surface area contributed by atoms with E-state index in [9.17, 15) is 0 Å². The van der Waals surface area contributed by atoms with Gasteiger partial charge in [0.05, 0.1) is 12.2 Å². The van der Waals surface area contributed by atoms with Crippen LogP contribution < -0.4 is 0 Å². The molecule has 0 spiro atoms. The van der Waals surface area contributed by atoms with Gasteiger partial charge in [0, 0.05) is 13.2 Å². The van der Waals surface area contributed by atoms with Crippen LogP contribution in [0.3, 0.4) is 0 Å². The highest BCUT2D eigenvalue weighted by Crippen LogP contribution is 2.12. The third-order valence-electron chi connectivity index (χ3n) is 3.28. The highest BCUT2D eigenvalue weighted by atomic mass is 16.5. The van der Waals surface area contributed by atoms with E-state index in [0.717, 1.165) is 45.3 Å². The molecule has 18 heavy (non-hydrogen) atoms. The Morgan fingerprint density at radius 1 is 0.944 bits per heavy atom. The normalized spacial score (nSPS) is 14.7. The number of unbranched alkanes of at least 4 members (excludes halogenated alkanes) is 2. The molecule has 1 radical (unpaired) electrons. The zero-order valence-corrected chi connectivity index (χ0v) is 12.7. The third-order valence-corrected chi connectivity index (χ3v) is 3.28. The maximum atomic E-state index is 5.89. The minimum absolute atomic E-state index is 0.404. The molecule has 2 atom stereocenters. The van der Waals surface area contributed by atoms with Crippen molar-refractivity contribution in [2.75, 3.05) is 13.2 Å². The first-order chi connectivity index (χ1) is 8.74. The first-order valence-electron chi connectivity index (χ1n) is 7.77. The van der Waals surface area contributed by atoms with Crippen LogP contribution in [0.4, 0.5) is 0 Å². The fourth-order valence-electron chi connectivity index (χ4n) is 1.81. The Balaban J connectivity index is 3.50. The van der Waals surface area contributed by atoms with Crippen molar-refractivity contribution in [2.24, 2.45) is 0 Å². The van der Waals surface area contributed by atoms with E-state index in [4.69, 9.17) is 9.47 Å². The number of rotatable bonds is 13. The zero-order chi connectivity index (χ0) is 13.6. The molecule has 2 nitrogen and oxygen atoms in total. The van der Waals surface area contributed by atoms with Crippen LogP contribution in [0.5, 0.6) is 0 Å². The second-order valence-electron chi connectivity index (χ2n) is 5.07. The molecule has 2 heteroatoms. The molecule has 0 aliphatic rings. The SMILES string of the molecule is [CH2]CCC(CCCCOC(C)CC)OCCCC. The average Bonchev–Trinajstić information content (AvgIpc) is 2.38. The van der Waals surface area contributed by atoms with Crippen molar-refractivity contribution in [1.29, 1.82) is 0 Å². The minimum atomic E-state index is 0.404. The van der Waals surface area contributed by atoms with Crippen LogP contribution in [-0.2, 0) is 9.47 Å². The molecule has 0 amide bonds. The molecule has 0 saturated heterocycles. The molecule has 0 fully saturated rings. The lowest BCUT2D eigenvalue weighted by molar-refractivity contribution is 0.0320. The highest BCUT2D eigenvalue weighted by molar-refractivity contribution is 4.60. The van der Waals surface area contributed by atoms with Gasteiger partial charge in [-0.15, -0.1) is 0 Å². The van der Waals surface area contributed by atoms with Crippen molar-refractivity contribution < 1.29 is 9.47 Å². The van der Waals surface area contributed by atoms with Crippen LogP contribution in [0.2, 0.25) is 0 Å². The number of ether oxygens (including phenoxy) is 2. The molecule has 0 aromatic heterocycles. The van der Waals surface area contributed by atoms with Crippen LogP contribution in [0, 0.1) is 6.92 Å². The van der Waals surface area contributed by atoms with Gasteiger partial charge >= 0.3 is 0 Å². The molecule has 0 saturated carbocycles. The molecule has 0 bridgehead atoms. The number of hydrogen-bond donors (Lipinski definition) is 0. The van der Waals surface area contributed by atoms with Crippen molar-refractivity contribution in [3.05, 3.63) is 6.92 Å². The summed E-state index contributed by atoms with van der Waals surface area (Å²) in [6.07, 6.45) is 9.87. The lowest BCUT2D eigenvalue weighted by atomic mass is 10.1. The number of hydrogen-bond acceptors (Lipinski definition) is 2. The molecule has 0 aromatic rings. The van der Waals surface area contributed by atoms with Crippen LogP contribution >= 0.6 is 0 Å². The molecule has 0 aliphatic heterocycles. The van der Waals surface area contributed by atoms with Crippen molar-refractivity contribution in [1.82, 2.24) is 0 Å². The van der Waals surface area contributed by atoms with Gasteiger partial charge in [-0.25, -0.2) is 0 Å². The summed E-state index contributed by atoms with van der Waals surface area (Å²) in [6, 6.07) is 0. The van der Waals surface area contributed by atoms with Crippen molar-refractivity contribution in [3.63, 3.8) is 0 Å². The predicted molar refractivity (Wildman–Crippen MR) is 78.8 cm³/mol. The molecule has 109 valence electrons. The lowest BCUT2D eigenvalue weighted by Gasteiger charge is -2.17. The topological polar surface area (TPSA) is 18.5 Å². The Bertz CT molecular complexity index is 159. The summed E-state index contributed by atoms with van der Waals surface area (Å²) >= 11 is 0. The summed E-state index contributed by atoms with van der Waals surface area (Å²) in [5, 5.41) is 0. The summed E-state index contributed by atoms with van der Waals surface area (Å²) in [5.41, 5.74) is 0. The first-order valence-corrected chi connectivity index (χ1v) is 7.77. The molecule has 0 aliphatic carbocycles. The molecule has 0 rings (SSSR count). The Morgan fingerprint density at radius 3 is 2.28 bits per heavy atom. The first kappa shape index (κ1) is 17.9. The molecule has 0 N–H and O–H groups in total. The van der Waals surface area contributed by atoms with Gasteiger partial charge in [-0.05, 0) is 45.4 Å². The lowest BCUT2D eigenvalue weighted by Crippen LogP contribution is -2.14. The van der Waals surface area contributed by atoms with Gasteiger partial charge in [-0.1, -0.05) is 33.6 Å².